The summed E-state index contributed by atoms with van der Waals surface area (Å²) >= 11 is 0. The van der Waals surface area contributed by atoms with Crippen LogP contribution in [0.25, 0.3) is 10.9 Å². The zero-order chi connectivity index (χ0) is 29.4. The van der Waals surface area contributed by atoms with E-state index in [2.05, 4.69) is 16.0 Å². The molecule has 0 aliphatic heterocycles. The smallest absolute Gasteiger partial charge is 0.331 e. The van der Waals surface area contributed by atoms with E-state index < -0.39 is 41.7 Å². The van der Waals surface area contributed by atoms with E-state index in [1.807, 2.05) is 30.3 Å². The molecule has 4 aromatic rings. The Hall–Kier alpha value is -5.19. The molecule has 212 valence electrons. The van der Waals surface area contributed by atoms with Crippen LogP contribution in [0.3, 0.4) is 0 Å². The first-order chi connectivity index (χ1) is 19.8. The van der Waals surface area contributed by atoms with Gasteiger partial charge in [-0.05, 0) is 36.2 Å². The van der Waals surface area contributed by atoms with Gasteiger partial charge in [0.2, 0.25) is 5.91 Å². The maximum atomic E-state index is 13.4. The van der Waals surface area contributed by atoms with Crippen LogP contribution in [0.15, 0.2) is 88.5 Å². The molecule has 11 heteroatoms. The van der Waals surface area contributed by atoms with Crippen molar-refractivity contribution in [3.63, 3.8) is 0 Å². The highest BCUT2D eigenvalue weighted by Gasteiger charge is 2.21. The van der Waals surface area contributed by atoms with Gasteiger partial charge >= 0.3 is 17.7 Å². The number of fused-ring (bicyclic) bond motifs is 1. The third kappa shape index (κ3) is 7.27. The predicted octanol–water partition coefficient (Wildman–Crippen LogP) is 2.83. The molecule has 0 saturated heterocycles. The molecular formula is C30H31N5O6. The Labute approximate surface area is 235 Å². The van der Waals surface area contributed by atoms with Gasteiger partial charge in [0.25, 0.3) is 5.56 Å². The summed E-state index contributed by atoms with van der Waals surface area (Å²) in [7, 11) is 1.49. The number of aryl methyl sites for hydroxylation is 1. The number of nitrogens with one attached hydrogen (secondary N) is 3. The Kier molecular flexibility index (Phi) is 9.31. The molecule has 1 heterocycles. The zero-order valence-electron chi connectivity index (χ0n) is 22.8. The van der Waals surface area contributed by atoms with E-state index in [4.69, 9.17) is 4.74 Å². The number of carbonyl (C=O) groups is 3. The number of anilines is 1. The molecule has 1 unspecified atom stereocenters. The number of carbonyl (C=O) groups excluding carboxylic acids is 3. The summed E-state index contributed by atoms with van der Waals surface area (Å²) in [6, 6.07) is 21.7. The number of hydrogen-bond acceptors (Lipinski definition) is 6. The highest BCUT2D eigenvalue weighted by atomic mass is 16.5. The topological polar surface area (TPSA) is 141 Å². The van der Waals surface area contributed by atoms with Crippen LogP contribution in [0.4, 0.5) is 10.5 Å². The molecule has 3 aromatic carbocycles. The van der Waals surface area contributed by atoms with Gasteiger partial charge in [-0.2, -0.15) is 0 Å². The van der Waals surface area contributed by atoms with Gasteiger partial charge in [-0.1, -0.05) is 60.7 Å². The third-order valence-corrected chi connectivity index (χ3v) is 6.42. The Morgan fingerprint density at radius 1 is 0.927 bits per heavy atom. The summed E-state index contributed by atoms with van der Waals surface area (Å²) in [6.07, 6.45) is -0.115. The Morgan fingerprint density at radius 3 is 2.29 bits per heavy atom. The summed E-state index contributed by atoms with van der Waals surface area (Å²) in [5, 5.41) is 8.33. The lowest BCUT2D eigenvalue weighted by Gasteiger charge is -2.19. The molecule has 1 atom stereocenters. The number of hydrogen-bond donors (Lipinski definition) is 3. The molecule has 41 heavy (non-hydrogen) atoms. The standard InChI is InChI=1S/C30H31N5O6/c1-3-41-27(37)17-24(21-12-8-5-9-13-21)33-26(36)19-35-28(38)23-16-22(14-15-25(23)34(2)30(35)40)32-29(39)31-18-20-10-6-4-7-11-20/h4-16,24H,3,17-19H2,1-2H3,(H,33,36)(H2,31,32,39). The molecule has 4 rings (SSSR count). The first-order valence-electron chi connectivity index (χ1n) is 13.1. The fraction of sp³-hybridized carbons (Fsp3) is 0.233. The van der Waals surface area contributed by atoms with Crippen LogP contribution in [0.2, 0.25) is 0 Å². The molecule has 0 bridgehead atoms. The van der Waals surface area contributed by atoms with Crippen LogP contribution in [0, 0.1) is 0 Å². The zero-order valence-corrected chi connectivity index (χ0v) is 22.8. The van der Waals surface area contributed by atoms with Gasteiger partial charge in [0.15, 0.2) is 0 Å². The van der Waals surface area contributed by atoms with E-state index in [1.54, 1.807) is 49.4 Å². The largest absolute Gasteiger partial charge is 0.466 e. The fourth-order valence-corrected chi connectivity index (χ4v) is 4.39. The molecular weight excluding hydrogens is 526 g/mol. The molecule has 3 amide bonds. The van der Waals surface area contributed by atoms with Crippen LogP contribution in [0.5, 0.6) is 0 Å². The summed E-state index contributed by atoms with van der Waals surface area (Å²) in [5.41, 5.74) is 0.918. The second kappa shape index (κ2) is 13.2. The lowest BCUT2D eigenvalue weighted by atomic mass is 10.0. The normalized spacial score (nSPS) is 11.5. The van der Waals surface area contributed by atoms with E-state index in [0.717, 1.165) is 10.1 Å². The molecule has 0 aliphatic carbocycles. The van der Waals surface area contributed by atoms with Crippen molar-refractivity contribution in [2.45, 2.75) is 32.5 Å². The summed E-state index contributed by atoms with van der Waals surface area (Å²) < 4.78 is 7.12. The number of benzene rings is 3. The molecule has 0 aliphatic rings. The molecule has 0 saturated carbocycles. The van der Waals surface area contributed by atoms with Crippen LogP contribution < -0.4 is 27.2 Å². The summed E-state index contributed by atoms with van der Waals surface area (Å²) in [5.74, 6) is -1.12. The van der Waals surface area contributed by atoms with Crippen LogP contribution in [-0.4, -0.2) is 33.6 Å². The molecule has 3 N–H and O–H groups in total. The van der Waals surface area contributed by atoms with Gasteiger partial charge in [-0.15, -0.1) is 0 Å². The monoisotopic (exact) mass is 557 g/mol. The minimum atomic E-state index is -0.715. The van der Waals surface area contributed by atoms with E-state index >= 15 is 0 Å². The van der Waals surface area contributed by atoms with E-state index in [1.165, 1.54) is 17.7 Å². The van der Waals surface area contributed by atoms with Crippen molar-refractivity contribution in [3.8, 4) is 0 Å². The number of urea groups is 1. The van der Waals surface area contributed by atoms with Crippen molar-refractivity contribution in [2.24, 2.45) is 7.05 Å². The molecule has 0 spiro atoms. The van der Waals surface area contributed by atoms with Crippen LogP contribution in [-0.2, 0) is 34.5 Å². The number of esters is 1. The lowest BCUT2D eigenvalue weighted by molar-refractivity contribution is -0.143. The lowest BCUT2D eigenvalue weighted by Crippen LogP contribution is -2.44. The molecule has 0 radical (unpaired) electrons. The average Bonchev–Trinajstić information content (AvgIpc) is 2.98. The van der Waals surface area contributed by atoms with Crippen molar-refractivity contribution in [1.29, 1.82) is 0 Å². The maximum absolute atomic E-state index is 13.4. The van der Waals surface area contributed by atoms with E-state index in [0.29, 0.717) is 23.3 Å². The number of ether oxygens (including phenoxy) is 1. The van der Waals surface area contributed by atoms with Gasteiger partial charge in [-0.25, -0.2) is 9.59 Å². The van der Waals surface area contributed by atoms with Gasteiger partial charge in [0.1, 0.15) is 6.54 Å². The Morgan fingerprint density at radius 2 is 1.61 bits per heavy atom. The quantitative estimate of drug-likeness (QED) is 0.256. The first kappa shape index (κ1) is 28.8. The van der Waals surface area contributed by atoms with Crippen LogP contribution >= 0.6 is 0 Å². The predicted molar refractivity (Wildman–Crippen MR) is 154 cm³/mol. The number of amides is 3. The average molecular weight is 558 g/mol. The molecule has 11 nitrogen and oxygen atoms in total. The minimum Gasteiger partial charge on any atom is -0.466 e. The molecule has 1 aromatic heterocycles. The minimum absolute atomic E-state index is 0.115. The first-order valence-corrected chi connectivity index (χ1v) is 13.1. The van der Waals surface area contributed by atoms with Gasteiger partial charge in [0, 0.05) is 19.3 Å². The number of rotatable bonds is 10. The highest BCUT2D eigenvalue weighted by Crippen LogP contribution is 2.18. The van der Waals surface area contributed by atoms with E-state index in [-0.39, 0.29) is 18.4 Å². The second-order valence-corrected chi connectivity index (χ2v) is 9.30. The maximum Gasteiger partial charge on any atom is 0.331 e. The molecule has 0 fully saturated rings. The van der Waals surface area contributed by atoms with Gasteiger partial charge < -0.3 is 20.7 Å². The number of nitrogens with zero attached hydrogens (tertiary/aromatic N) is 2. The van der Waals surface area contributed by atoms with Crippen molar-refractivity contribution in [2.75, 3.05) is 11.9 Å². The fourth-order valence-electron chi connectivity index (χ4n) is 4.39. The SMILES string of the molecule is CCOC(=O)CC(NC(=O)Cn1c(=O)c2cc(NC(=O)NCc3ccccc3)ccc2n(C)c1=O)c1ccccc1. The Balaban J connectivity index is 1.54. The Bertz CT molecular complexity index is 1660. The summed E-state index contributed by atoms with van der Waals surface area (Å²) in [4.78, 5) is 64.1. The van der Waals surface area contributed by atoms with Crippen molar-refractivity contribution in [3.05, 3.63) is 111 Å². The van der Waals surface area contributed by atoms with Crippen molar-refractivity contribution >= 4 is 34.5 Å². The number of aromatic nitrogens is 2. The van der Waals surface area contributed by atoms with Gasteiger partial charge in [-0.3, -0.25) is 23.5 Å². The van der Waals surface area contributed by atoms with Crippen LogP contribution in [0.1, 0.15) is 30.5 Å². The van der Waals surface area contributed by atoms with E-state index in [9.17, 15) is 24.0 Å². The second-order valence-electron chi connectivity index (χ2n) is 9.30. The van der Waals surface area contributed by atoms with Gasteiger partial charge in [0.05, 0.1) is 30.0 Å². The third-order valence-electron chi connectivity index (χ3n) is 6.42. The summed E-state index contributed by atoms with van der Waals surface area (Å²) in [6.45, 7) is 1.63. The highest BCUT2D eigenvalue weighted by molar-refractivity contribution is 5.92. The van der Waals surface area contributed by atoms with Crippen molar-refractivity contribution < 1.29 is 19.1 Å². The van der Waals surface area contributed by atoms with Crippen molar-refractivity contribution in [1.82, 2.24) is 19.8 Å².